The van der Waals surface area contributed by atoms with Crippen molar-refractivity contribution < 1.29 is 9.53 Å². The van der Waals surface area contributed by atoms with E-state index in [1.165, 1.54) is 12.8 Å². The number of anilines is 1. The van der Waals surface area contributed by atoms with Crippen molar-refractivity contribution in [3.63, 3.8) is 0 Å². The first-order valence-electron chi connectivity index (χ1n) is 9.74. The summed E-state index contributed by atoms with van der Waals surface area (Å²) in [5, 5.41) is 3.41. The summed E-state index contributed by atoms with van der Waals surface area (Å²) in [6, 6.07) is 7.72. The zero-order chi connectivity index (χ0) is 18.4. The summed E-state index contributed by atoms with van der Waals surface area (Å²) in [6.45, 7) is 8.92. The van der Waals surface area contributed by atoms with E-state index in [2.05, 4.69) is 24.1 Å². The maximum Gasteiger partial charge on any atom is 0.265 e. The van der Waals surface area contributed by atoms with Gasteiger partial charge in [0, 0.05) is 32.7 Å². The van der Waals surface area contributed by atoms with Gasteiger partial charge in [0.15, 0.2) is 12.6 Å². The Morgan fingerprint density at radius 3 is 3.04 bits per heavy atom. The summed E-state index contributed by atoms with van der Waals surface area (Å²) in [7, 11) is 0. The molecule has 0 spiro atoms. The number of carbonyl (C=O) groups is 1. The van der Waals surface area contributed by atoms with Crippen LogP contribution in [0.4, 0.5) is 5.69 Å². The first kappa shape index (κ1) is 18.5. The lowest BCUT2D eigenvalue weighted by atomic mass is 10.0. The summed E-state index contributed by atoms with van der Waals surface area (Å²) in [5.41, 5.74) is 0.865. The van der Waals surface area contributed by atoms with Crippen LogP contribution in [-0.2, 0) is 4.79 Å². The minimum absolute atomic E-state index is 0.0180. The molecule has 0 saturated carbocycles. The van der Waals surface area contributed by atoms with Crippen molar-refractivity contribution in [2.75, 3.05) is 44.2 Å². The predicted octanol–water partition coefficient (Wildman–Crippen LogP) is 2.50. The molecule has 1 aromatic rings. The highest BCUT2D eigenvalue weighted by Crippen LogP contribution is 2.31. The molecule has 1 atom stereocenters. The number of hydrogen-bond donors (Lipinski definition) is 1. The summed E-state index contributed by atoms with van der Waals surface area (Å²) in [5.74, 6) is 2.53. The van der Waals surface area contributed by atoms with Crippen LogP contribution in [0.3, 0.4) is 0 Å². The van der Waals surface area contributed by atoms with Crippen LogP contribution in [0.2, 0.25) is 0 Å². The quantitative estimate of drug-likeness (QED) is 0.499. The van der Waals surface area contributed by atoms with Crippen molar-refractivity contribution in [1.82, 2.24) is 10.2 Å². The summed E-state index contributed by atoms with van der Waals surface area (Å²) in [6.07, 6.45) is 3.36. The van der Waals surface area contributed by atoms with Gasteiger partial charge in [-0.05, 0) is 44.2 Å². The molecular formula is C20H30N4O2. The average molecular weight is 358 g/mol. The fraction of sp³-hybridized carbons (Fsp3) is 0.600. The Labute approximate surface area is 156 Å². The number of fused-ring (bicyclic) bond motifs is 1. The third-order valence-electron chi connectivity index (χ3n) is 4.90. The van der Waals surface area contributed by atoms with Gasteiger partial charge in [-0.2, -0.15) is 0 Å². The number of hydrogen-bond acceptors (Lipinski definition) is 3. The van der Waals surface area contributed by atoms with Gasteiger partial charge in [-0.1, -0.05) is 19.1 Å². The molecule has 2 aliphatic rings. The molecule has 1 aromatic carbocycles. The first-order chi connectivity index (χ1) is 12.7. The van der Waals surface area contributed by atoms with Crippen molar-refractivity contribution in [2.24, 2.45) is 10.9 Å². The SMILES string of the molecule is CCNC(=NCCCN1C(=O)COc2ccccc21)N1CCCC(C)C1. The monoisotopic (exact) mass is 358 g/mol. The van der Waals surface area contributed by atoms with Crippen LogP contribution in [0.5, 0.6) is 5.75 Å². The number of amides is 1. The van der Waals surface area contributed by atoms with E-state index in [0.717, 1.165) is 49.4 Å². The molecule has 1 amide bonds. The van der Waals surface area contributed by atoms with Gasteiger partial charge in [0.2, 0.25) is 0 Å². The largest absolute Gasteiger partial charge is 0.482 e. The fourth-order valence-electron chi connectivity index (χ4n) is 3.62. The number of carbonyl (C=O) groups excluding carboxylic acids is 1. The molecule has 1 unspecified atom stereocenters. The lowest BCUT2D eigenvalue weighted by Gasteiger charge is -2.33. The van der Waals surface area contributed by atoms with Crippen LogP contribution < -0.4 is 15.0 Å². The van der Waals surface area contributed by atoms with Crippen LogP contribution in [0.1, 0.15) is 33.1 Å². The minimum Gasteiger partial charge on any atom is -0.482 e. The smallest absolute Gasteiger partial charge is 0.265 e. The van der Waals surface area contributed by atoms with E-state index in [9.17, 15) is 4.79 Å². The normalized spacial score (nSPS) is 20.6. The maximum absolute atomic E-state index is 12.2. The second-order valence-corrected chi connectivity index (χ2v) is 7.08. The molecule has 6 heteroatoms. The fourth-order valence-corrected chi connectivity index (χ4v) is 3.62. The van der Waals surface area contributed by atoms with E-state index in [1.807, 2.05) is 29.2 Å². The Bertz CT molecular complexity index is 646. The van der Waals surface area contributed by atoms with Gasteiger partial charge in [0.25, 0.3) is 5.91 Å². The highest BCUT2D eigenvalue weighted by molar-refractivity contribution is 5.97. The molecule has 6 nitrogen and oxygen atoms in total. The standard InChI is InChI=1S/C20H30N4O2/c1-3-21-20(23-12-6-8-16(2)14-23)22-11-7-13-24-17-9-4-5-10-18(17)26-15-19(24)25/h4-5,9-10,16H,3,6-8,11-15H2,1-2H3,(H,21,22). The van der Waals surface area contributed by atoms with Crippen molar-refractivity contribution in [3.8, 4) is 5.75 Å². The Kier molecular flexibility index (Phi) is 6.36. The van der Waals surface area contributed by atoms with Crippen LogP contribution >= 0.6 is 0 Å². The molecule has 142 valence electrons. The lowest BCUT2D eigenvalue weighted by Crippen LogP contribution is -2.46. The third-order valence-corrected chi connectivity index (χ3v) is 4.90. The van der Waals surface area contributed by atoms with E-state index >= 15 is 0 Å². The maximum atomic E-state index is 12.2. The second-order valence-electron chi connectivity index (χ2n) is 7.08. The van der Waals surface area contributed by atoms with Gasteiger partial charge in [-0.3, -0.25) is 9.79 Å². The summed E-state index contributed by atoms with van der Waals surface area (Å²) < 4.78 is 5.50. The Balaban J connectivity index is 1.57. The molecule has 3 rings (SSSR count). The van der Waals surface area contributed by atoms with Gasteiger partial charge >= 0.3 is 0 Å². The molecule has 0 aromatic heterocycles. The van der Waals surface area contributed by atoms with E-state index in [-0.39, 0.29) is 12.5 Å². The topological polar surface area (TPSA) is 57.2 Å². The number of nitrogens with zero attached hydrogens (tertiary/aromatic N) is 3. The number of piperidine rings is 1. The van der Waals surface area contributed by atoms with Gasteiger partial charge in [0.05, 0.1) is 5.69 Å². The van der Waals surface area contributed by atoms with Gasteiger partial charge in [-0.15, -0.1) is 0 Å². The van der Waals surface area contributed by atoms with E-state index in [1.54, 1.807) is 0 Å². The summed E-state index contributed by atoms with van der Waals surface area (Å²) in [4.78, 5) is 21.2. The Hall–Kier alpha value is -2.24. The number of nitrogens with one attached hydrogen (secondary N) is 1. The van der Waals surface area contributed by atoms with Crippen LogP contribution in [-0.4, -0.2) is 56.1 Å². The van der Waals surface area contributed by atoms with Crippen LogP contribution in [0, 0.1) is 5.92 Å². The number of guanidine groups is 1. The Morgan fingerprint density at radius 1 is 1.38 bits per heavy atom. The van der Waals surface area contributed by atoms with Crippen molar-refractivity contribution in [1.29, 1.82) is 0 Å². The zero-order valence-electron chi connectivity index (χ0n) is 15.9. The number of likely N-dealkylation sites (tertiary alicyclic amines) is 1. The van der Waals surface area contributed by atoms with Crippen molar-refractivity contribution >= 4 is 17.6 Å². The second kappa shape index (κ2) is 8.92. The van der Waals surface area contributed by atoms with Crippen LogP contribution in [0.25, 0.3) is 0 Å². The molecule has 2 heterocycles. The van der Waals surface area contributed by atoms with Gasteiger partial charge < -0.3 is 19.9 Å². The highest BCUT2D eigenvalue weighted by atomic mass is 16.5. The number of para-hydroxylation sites is 2. The van der Waals surface area contributed by atoms with E-state index in [0.29, 0.717) is 13.1 Å². The number of benzene rings is 1. The number of ether oxygens (including phenoxy) is 1. The van der Waals surface area contributed by atoms with Crippen LogP contribution in [0.15, 0.2) is 29.3 Å². The van der Waals surface area contributed by atoms with Crippen molar-refractivity contribution in [3.05, 3.63) is 24.3 Å². The molecule has 1 N–H and O–H groups in total. The average Bonchev–Trinajstić information content (AvgIpc) is 2.65. The molecule has 1 saturated heterocycles. The van der Waals surface area contributed by atoms with E-state index < -0.39 is 0 Å². The molecule has 2 aliphatic heterocycles. The first-order valence-corrected chi connectivity index (χ1v) is 9.74. The molecule has 26 heavy (non-hydrogen) atoms. The predicted molar refractivity (Wildman–Crippen MR) is 105 cm³/mol. The molecule has 1 fully saturated rings. The molecule has 0 radical (unpaired) electrons. The summed E-state index contributed by atoms with van der Waals surface area (Å²) >= 11 is 0. The number of aliphatic imine (C=N–C) groups is 1. The van der Waals surface area contributed by atoms with Gasteiger partial charge in [-0.25, -0.2) is 0 Å². The van der Waals surface area contributed by atoms with Crippen molar-refractivity contribution in [2.45, 2.75) is 33.1 Å². The molecule has 0 aliphatic carbocycles. The lowest BCUT2D eigenvalue weighted by molar-refractivity contribution is -0.121. The van der Waals surface area contributed by atoms with Gasteiger partial charge in [0.1, 0.15) is 5.75 Å². The minimum atomic E-state index is 0.0180. The van der Waals surface area contributed by atoms with E-state index in [4.69, 9.17) is 9.73 Å². The third kappa shape index (κ3) is 4.48. The highest BCUT2D eigenvalue weighted by Gasteiger charge is 2.24. The molecule has 0 bridgehead atoms. The molecular weight excluding hydrogens is 328 g/mol. The Morgan fingerprint density at radius 2 is 2.23 bits per heavy atom. The number of rotatable bonds is 5. The zero-order valence-corrected chi connectivity index (χ0v) is 15.9.